The lowest BCUT2D eigenvalue weighted by Crippen LogP contribution is -2.16. The maximum absolute atomic E-state index is 3.90. The third kappa shape index (κ3) is 3.45. The Kier molecular flexibility index (Phi) is 3.87. The fourth-order valence-corrected chi connectivity index (χ4v) is 2.01. The average molecular weight is 222 g/mol. The Bertz CT molecular complexity index is 318. The molecule has 2 aromatic rings. The molecule has 2 aromatic heterocycles. The summed E-state index contributed by atoms with van der Waals surface area (Å²) in [5.74, 6) is 0. The largest absolute Gasteiger partial charge is 0.313 e. The molecule has 0 bridgehead atoms. The molecule has 0 saturated carbocycles. The predicted octanol–water partition coefficient (Wildman–Crippen LogP) is 1.52. The van der Waals surface area contributed by atoms with Gasteiger partial charge in [-0.1, -0.05) is 5.21 Å². The quantitative estimate of drug-likeness (QED) is 0.754. The molecule has 0 spiro atoms. The van der Waals surface area contributed by atoms with Crippen LogP contribution in [0.4, 0.5) is 0 Å². The molecule has 0 radical (unpaired) electrons. The molecule has 0 aliphatic rings. The maximum atomic E-state index is 3.90. The van der Waals surface area contributed by atoms with E-state index < -0.39 is 0 Å². The number of nitrogens with one attached hydrogen (secondary N) is 1. The summed E-state index contributed by atoms with van der Waals surface area (Å²) in [5, 5.41) is 15.3. The van der Waals surface area contributed by atoms with Crippen LogP contribution in [-0.4, -0.2) is 21.5 Å². The normalized spacial score (nSPS) is 10.7. The van der Waals surface area contributed by atoms with Gasteiger partial charge in [0.05, 0.1) is 6.20 Å². The monoisotopic (exact) mass is 222 g/mol. The van der Waals surface area contributed by atoms with E-state index in [9.17, 15) is 0 Å². The van der Waals surface area contributed by atoms with Gasteiger partial charge in [0.2, 0.25) is 0 Å². The molecule has 0 saturated heterocycles. The van der Waals surface area contributed by atoms with Crippen molar-refractivity contribution in [3.8, 4) is 0 Å². The highest BCUT2D eigenvalue weighted by atomic mass is 32.1. The fraction of sp³-hybridized carbons (Fsp3) is 0.400. The second kappa shape index (κ2) is 5.63. The summed E-state index contributed by atoms with van der Waals surface area (Å²) in [4.78, 5) is 0. The van der Waals surface area contributed by atoms with Gasteiger partial charge in [0.15, 0.2) is 0 Å². The summed E-state index contributed by atoms with van der Waals surface area (Å²) in [6.45, 7) is 2.90. The Labute approximate surface area is 92.9 Å². The van der Waals surface area contributed by atoms with Crippen molar-refractivity contribution in [1.29, 1.82) is 0 Å². The molecule has 0 aromatic carbocycles. The smallest absolute Gasteiger partial charge is 0.0692 e. The minimum Gasteiger partial charge on any atom is -0.313 e. The van der Waals surface area contributed by atoms with E-state index in [0.29, 0.717) is 0 Å². The van der Waals surface area contributed by atoms with Crippen LogP contribution in [0.2, 0.25) is 0 Å². The van der Waals surface area contributed by atoms with Crippen molar-refractivity contribution in [3.05, 3.63) is 34.8 Å². The highest BCUT2D eigenvalue weighted by molar-refractivity contribution is 7.07. The van der Waals surface area contributed by atoms with E-state index in [2.05, 4.69) is 32.5 Å². The van der Waals surface area contributed by atoms with Crippen LogP contribution in [0.3, 0.4) is 0 Å². The van der Waals surface area contributed by atoms with E-state index in [1.54, 1.807) is 17.5 Å². The first-order valence-electron chi connectivity index (χ1n) is 5.01. The SMILES string of the molecule is c1cn(CCCNCc2ccsc2)nn1. The molecule has 0 aliphatic heterocycles. The zero-order valence-electron chi connectivity index (χ0n) is 8.47. The fourth-order valence-electron chi connectivity index (χ4n) is 1.34. The minimum atomic E-state index is 0.927. The maximum Gasteiger partial charge on any atom is 0.0692 e. The van der Waals surface area contributed by atoms with E-state index in [4.69, 9.17) is 0 Å². The van der Waals surface area contributed by atoms with Gasteiger partial charge >= 0.3 is 0 Å². The van der Waals surface area contributed by atoms with Crippen molar-refractivity contribution >= 4 is 11.3 Å². The first-order valence-corrected chi connectivity index (χ1v) is 5.95. The van der Waals surface area contributed by atoms with Crippen molar-refractivity contribution in [3.63, 3.8) is 0 Å². The first-order chi connectivity index (χ1) is 7.45. The van der Waals surface area contributed by atoms with Gasteiger partial charge in [-0.05, 0) is 35.4 Å². The van der Waals surface area contributed by atoms with Gasteiger partial charge in [0.1, 0.15) is 0 Å². The van der Waals surface area contributed by atoms with Gasteiger partial charge in [-0.25, -0.2) is 0 Å². The Morgan fingerprint density at radius 1 is 1.47 bits per heavy atom. The number of rotatable bonds is 6. The third-order valence-corrected chi connectivity index (χ3v) is 2.85. The van der Waals surface area contributed by atoms with Gasteiger partial charge in [-0.2, -0.15) is 11.3 Å². The average Bonchev–Trinajstić information content (AvgIpc) is 2.88. The molecule has 80 valence electrons. The molecule has 0 amide bonds. The molecule has 0 atom stereocenters. The topological polar surface area (TPSA) is 42.7 Å². The molecule has 15 heavy (non-hydrogen) atoms. The molecular formula is C10H14N4S. The van der Waals surface area contributed by atoms with Crippen molar-refractivity contribution in [2.75, 3.05) is 6.54 Å². The van der Waals surface area contributed by atoms with Crippen LogP contribution in [0.15, 0.2) is 29.2 Å². The van der Waals surface area contributed by atoms with E-state index in [1.165, 1.54) is 5.56 Å². The van der Waals surface area contributed by atoms with Gasteiger partial charge in [0.25, 0.3) is 0 Å². The zero-order valence-corrected chi connectivity index (χ0v) is 9.28. The number of aromatic nitrogens is 3. The molecule has 2 heterocycles. The van der Waals surface area contributed by atoms with Crippen LogP contribution < -0.4 is 5.32 Å². The number of thiophene rings is 1. The highest BCUT2D eigenvalue weighted by Gasteiger charge is 1.93. The lowest BCUT2D eigenvalue weighted by atomic mass is 10.3. The summed E-state index contributed by atoms with van der Waals surface area (Å²) in [6, 6.07) is 2.15. The highest BCUT2D eigenvalue weighted by Crippen LogP contribution is 2.04. The van der Waals surface area contributed by atoms with Gasteiger partial charge < -0.3 is 5.32 Å². The van der Waals surface area contributed by atoms with Crippen molar-refractivity contribution in [2.24, 2.45) is 0 Å². The van der Waals surface area contributed by atoms with E-state index >= 15 is 0 Å². The van der Waals surface area contributed by atoms with Crippen LogP contribution >= 0.6 is 11.3 Å². The summed E-state index contributed by atoms with van der Waals surface area (Å²) in [6.07, 6.45) is 4.67. The summed E-state index contributed by atoms with van der Waals surface area (Å²) < 4.78 is 1.85. The van der Waals surface area contributed by atoms with Crippen molar-refractivity contribution in [2.45, 2.75) is 19.5 Å². The molecular weight excluding hydrogens is 208 g/mol. The molecule has 1 N–H and O–H groups in total. The third-order valence-electron chi connectivity index (χ3n) is 2.12. The molecule has 0 aliphatic carbocycles. The summed E-state index contributed by atoms with van der Waals surface area (Å²) in [7, 11) is 0. The van der Waals surface area contributed by atoms with E-state index in [0.717, 1.165) is 26.1 Å². The standard InChI is InChI=1S/C10H14N4S/c1(5-14-6-4-12-13-14)3-11-8-10-2-7-15-9-10/h2,4,6-7,9,11H,1,3,5,8H2. The zero-order chi connectivity index (χ0) is 10.3. The Morgan fingerprint density at radius 2 is 2.47 bits per heavy atom. The Morgan fingerprint density at radius 3 is 3.20 bits per heavy atom. The second-order valence-electron chi connectivity index (χ2n) is 3.33. The lowest BCUT2D eigenvalue weighted by Gasteiger charge is -2.02. The molecule has 0 unspecified atom stereocenters. The lowest BCUT2D eigenvalue weighted by molar-refractivity contribution is 0.530. The Balaban J connectivity index is 1.56. The van der Waals surface area contributed by atoms with E-state index in [1.807, 2.05) is 10.9 Å². The number of hydrogen-bond donors (Lipinski definition) is 1. The number of aryl methyl sites for hydroxylation is 1. The minimum absolute atomic E-state index is 0.927. The second-order valence-corrected chi connectivity index (χ2v) is 4.11. The van der Waals surface area contributed by atoms with Gasteiger partial charge in [-0.15, -0.1) is 5.10 Å². The Hall–Kier alpha value is -1.20. The van der Waals surface area contributed by atoms with E-state index in [-0.39, 0.29) is 0 Å². The summed E-state index contributed by atoms with van der Waals surface area (Å²) in [5.41, 5.74) is 1.36. The van der Waals surface area contributed by atoms with Crippen LogP contribution in [0.5, 0.6) is 0 Å². The first kappa shape index (κ1) is 10.3. The molecule has 2 rings (SSSR count). The number of hydrogen-bond acceptors (Lipinski definition) is 4. The summed E-state index contributed by atoms with van der Waals surface area (Å²) >= 11 is 1.74. The number of nitrogens with zero attached hydrogens (tertiary/aromatic N) is 3. The molecule has 0 fully saturated rings. The van der Waals surface area contributed by atoms with Gasteiger partial charge in [-0.3, -0.25) is 4.68 Å². The van der Waals surface area contributed by atoms with Crippen LogP contribution in [-0.2, 0) is 13.1 Å². The van der Waals surface area contributed by atoms with Crippen LogP contribution in [0, 0.1) is 0 Å². The van der Waals surface area contributed by atoms with Crippen LogP contribution in [0.25, 0.3) is 0 Å². The van der Waals surface area contributed by atoms with Gasteiger partial charge in [0, 0.05) is 19.3 Å². The molecule has 4 nitrogen and oxygen atoms in total. The predicted molar refractivity (Wildman–Crippen MR) is 60.7 cm³/mol. The van der Waals surface area contributed by atoms with Crippen molar-refractivity contribution in [1.82, 2.24) is 20.3 Å². The molecule has 5 heteroatoms. The van der Waals surface area contributed by atoms with Crippen molar-refractivity contribution < 1.29 is 0 Å². The van der Waals surface area contributed by atoms with Crippen LogP contribution in [0.1, 0.15) is 12.0 Å².